The molecule has 0 unspecified atom stereocenters. The van der Waals surface area contributed by atoms with E-state index in [0.29, 0.717) is 0 Å². The number of aromatic nitrogens is 1. The van der Waals surface area contributed by atoms with Gasteiger partial charge in [-0.25, -0.2) is 5.84 Å². The highest BCUT2D eigenvalue weighted by molar-refractivity contribution is 5.93. The van der Waals surface area contributed by atoms with E-state index in [-0.39, 0.29) is 11.0 Å². The van der Waals surface area contributed by atoms with Gasteiger partial charge in [-0.3, -0.25) is 15.0 Å². The van der Waals surface area contributed by atoms with E-state index in [4.69, 9.17) is 5.84 Å². The first-order chi connectivity index (χ1) is 9.04. The largest absolute Gasteiger partial charge is 0.320 e. The zero-order chi connectivity index (χ0) is 14.0. The number of nitrogens with one attached hydrogen (secondary N) is 1. The number of para-hydroxylation sites is 1. The number of benzene rings is 1. The third-order valence-corrected chi connectivity index (χ3v) is 2.99. The van der Waals surface area contributed by atoms with Gasteiger partial charge in [-0.15, -0.1) is 0 Å². The van der Waals surface area contributed by atoms with Gasteiger partial charge in [-0.2, -0.15) is 0 Å². The van der Waals surface area contributed by atoms with Crippen LogP contribution in [0.15, 0.2) is 41.3 Å². The maximum absolute atomic E-state index is 11.8. The Morgan fingerprint density at radius 2 is 1.95 bits per heavy atom. The van der Waals surface area contributed by atoms with Gasteiger partial charge in [0.05, 0.1) is 0 Å². The molecule has 5 heteroatoms. The zero-order valence-corrected chi connectivity index (χ0v) is 10.8. The summed E-state index contributed by atoms with van der Waals surface area (Å²) in [5, 5.41) is 0. The lowest BCUT2D eigenvalue weighted by molar-refractivity contribution is 0.0952. The first-order valence-corrected chi connectivity index (χ1v) is 5.85. The summed E-state index contributed by atoms with van der Waals surface area (Å²) >= 11 is 0. The molecule has 98 valence electrons. The van der Waals surface area contributed by atoms with Crippen molar-refractivity contribution in [3.63, 3.8) is 0 Å². The summed E-state index contributed by atoms with van der Waals surface area (Å²) < 4.78 is 1.81. The molecule has 0 aliphatic heterocycles. The molecule has 0 radical (unpaired) electrons. The maximum Gasteiger partial charge on any atom is 0.270 e. The molecule has 0 spiro atoms. The number of aryl methyl sites for hydroxylation is 2. The average Bonchev–Trinajstić information content (AvgIpc) is 2.39. The van der Waals surface area contributed by atoms with E-state index in [2.05, 4.69) is 0 Å². The van der Waals surface area contributed by atoms with Gasteiger partial charge in [0, 0.05) is 23.6 Å². The summed E-state index contributed by atoms with van der Waals surface area (Å²) in [5.41, 5.74) is 4.39. The third kappa shape index (κ3) is 2.41. The highest BCUT2D eigenvalue weighted by Gasteiger charge is 2.12. The molecule has 1 amide bonds. The maximum atomic E-state index is 11.8. The number of nitrogens with two attached hydrogens (primary N) is 1. The van der Waals surface area contributed by atoms with Crippen molar-refractivity contribution in [3.8, 4) is 5.69 Å². The van der Waals surface area contributed by atoms with Crippen LogP contribution in [0.4, 0.5) is 0 Å². The van der Waals surface area contributed by atoms with Crippen LogP contribution in [0.25, 0.3) is 5.69 Å². The molecule has 5 nitrogen and oxygen atoms in total. The molecule has 1 aromatic carbocycles. The van der Waals surface area contributed by atoms with Gasteiger partial charge in [0.1, 0.15) is 5.56 Å². The fourth-order valence-electron chi connectivity index (χ4n) is 1.97. The van der Waals surface area contributed by atoms with Crippen molar-refractivity contribution in [2.45, 2.75) is 13.8 Å². The second kappa shape index (κ2) is 5.07. The number of hydrazine groups is 1. The van der Waals surface area contributed by atoms with Gasteiger partial charge in [-0.1, -0.05) is 18.2 Å². The summed E-state index contributed by atoms with van der Waals surface area (Å²) in [4.78, 5) is 23.3. The Labute approximate surface area is 110 Å². The molecule has 1 aromatic heterocycles. The summed E-state index contributed by atoms with van der Waals surface area (Å²) in [7, 11) is 0. The van der Waals surface area contributed by atoms with Crippen molar-refractivity contribution in [2.75, 3.05) is 0 Å². The van der Waals surface area contributed by atoms with Crippen molar-refractivity contribution < 1.29 is 4.79 Å². The minimum atomic E-state index is -0.590. The normalized spacial score (nSPS) is 10.3. The van der Waals surface area contributed by atoms with E-state index in [1.165, 1.54) is 12.3 Å². The van der Waals surface area contributed by atoms with Crippen LogP contribution >= 0.6 is 0 Å². The number of carbonyl (C=O) groups is 1. The number of hydrogen-bond acceptors (Lipinski definition) is 3. The van der Waals surface area contributed by atoms with Crippen molar-refractivity contribution >= 4 is 5.91 Å². The lowest BCUT2D eigenvalue weighted by Gasteiger charge is -2.14. The standard InChI is InChI=1S/C14H15N3O2/c1-9-5-3-4-6-12(9)17-8-11(14(19)16-15)13(18)7-10(17)2/h3-8H,15H2,1-2H3,(H,16,19). The van der Waals surface area contributed by atoms with Crippen LogP contribution in [0.2, 0.25) is 0 Å². The Morgan fingerprint density at radius 3 is 2.58 bits per heavy atom. The number of pyridine rings is 1. The van der Waals surface area contributed by atoms with E-state index in [9.17, 15) is 9.59 Å². The molecule has 1 heterocycles. The minimum absolute atomic E-state index is 0.0244. The summed E-state index contributed by atoms with van der Waals surface area (Å²) in [6, 6.07) is 9.16. The molecule has 0 saturated carbocycles. The van der Waals surface area contributed by atoms with E-state index in [1.807, 2.05) is 43.5 Å². The smallest absolute Gasteiger partial charge is 0.270 e. The molecular weight excluding hydrogens is 242 g/mol. The lowest BCUT2D eigenvalue weighted by atomic mass is 10.1. The van der Waals surface area contributed by atoms with Gasteiger partial charge in [-0.05, 0) is 25.5 Å². The average molecular weight is 257 g/mol. The van der Waals surface area contributed by atoms with E-state index < -0.39 is 5.91 Å². The minimum Gasteiger partial charge on any atom is -0.320 e. The van der Waals surface area contributed by atoms with Gasteiger partial charge < -0.3 is 4.57 Å². The van der Waals surface area contributed by atoms with Crippen LogP contribution in [0.1, 0.15) is 21.6 Å². The predicted molar refractivity (Wildman–Crippen MR) is 73.2 cm³/mol. The molecule has 19 heavy (non-hydrogen) atoms. The Bertz CT molecular complexity index is 689. The third-order valence-electron chi connectivity index (χ3n) is 2.99. The van der Waals surface area contributed by atoms with E-state index >= 15 is 0 Å². The highest BCUT2D eigenvalue weighted by atomic mass is 16.2. The molecule has 0 aliphatic carbocycles. The Balaban J connectivity index is 2.68. The van der Waals surface area contributed by atoms with Gasteiger partial charge >= 0.3 is 0 Å². The van der Waals surface area contributed by atoms with Crippen molar-refractivity contribution in [1.82, 2.24) is 9.99 Å². The van der Waals surface area contributed by atoms with Crippen molar-refractivity contribution in [2.24, 2.45) is 5.84 Å². The van der Waals surface area contributed by atoms with Gasteiger partial charge in [0.15, 0.2) is 5.43 Å². The first-order valence-electron chi connectivity index (χ1n) is 5.85. The number of rotatable bonds is 2. The second-order valence-corrected chi connectivity index (χ2v) is 4.32. The first kappa shape index (κ1) is 13.0. The fraction of sp³-hybridized carbons (Fsp3) is 0.143. The highest BCUT2D eigenvalue weighted by Crippen LogP contribution is 2.15. The monoisotopic (exact) mass is 257 g/mol. The number of nitrogen functional groups attached to an aromatic ring is 1. The summed E-state index contributed by atoms with van der Waals surface area (Å²) in [6.07, 6.45) is 1.52. The van der Waals surface area contributed by atoms with Crippen LogP contribution in [-0.2, 0) is 0 Å². The van der Waals surface area contributed by atoms with Gasteiger partial charge in [0.25, 0.3) is 5.91 Å². The van der Waals surface area contributed by atoms with Gasteiger partial charge in [0.2, 0.25) is 0 Å². The summed E-state index contributed by atoms with van der Waals surface area (Å²) in [5.74, 6) is 4.49. The second-order valence-electron chi connectivity index (χ2n) is 4.32. The molecule has 0 aliphatic rings. The van der Waals surface area contributed by atoms with Crippen molar-refractivity contribution in [3.05, 3.63) is 63.6 Å². The molecule has 0 fully saturated rings. The molecular formula is C14H15N3O2. The van der Waals surface area contributed by atoms with Crippen LogP contribution in [0.3, 0.4) is 0 Å². The Hall–Kier alpha value is -2.40. The Kier molecular flexibility index (Phi) is 3.48. The number of nitrogens with zero attached hydrogens (tertiary/aromatic N) is 1. The van der Waals surface area contributed by atoms with E-state index in [0.717, 1.165) is 16.9 Å². The molecule has 0 atom stereocenters. The fourth-order valence-corrected chi connectivity index (χ4v) is 1.97. The molecule has 2 rings (SSSR count). The lowest BCUT2D eigenvalue weighted by Crippen LogP contribution is -2.34. The van der Waals surface area contributed by atoms with Crippen LogP contribution in [0.5, 0.6) is 0 Å². The quantitative estimate of drug-likeness (QED) is 0.480. The van der Waals surface area contributed by atoms with Crippen LogP contribution < -0.4 is 16.7 Å². The molecule has 3 N–H and O–H groups in total. The SMILES string of the molecule is Cc1ccccc1-n1cc(C(=O)NN)c(=O)cc1C. The Morgan fingerprint density at radius 1 is 1.26 bits per heavy atom. The van der Waals surface area contributed by atoms with Crippen LogP contribution in [0, 0.1) is 13.8 Å². The zero-order valence-electron chi connectivity index (χ0n) is 10.8. The van der Waals surface area contributed by atoms with E-state index in [1.54, 1.807) is 4.57 Å². The number of hydrogen-bond donors (Lipinski definition) is 2. The van der Waals surface area contributed by atoms with Crippen LogP contribution in [-0.4, -0.2) is 10.5 Å². The summed E-state index contributed by atoms with van der Waals surface area (Å²) in [6.45, 7) is 3.79. The molecule has 0 saturated heterocycles. The molecule has 2 aromatic rings. The number of amides is 1. The predicted octanol–water partition coefficient (Wildman–Crippen LogP) is 1.06. The number of carbonyl (C=O) groups excluding carboxylic acids is 1. The molecule has 0 bridgehead atoms. The van der Waals surface area contributed by atoms with Crippen molar-refractivity contribution in [1.29, 1.82) is 0 Å². The topological polar surface area (TPSA) is 77.1 Å².